The van der Waals surface area contributed by atoms with Gasteiger partial charge in [-0.1, -0.05) is 31.8 Å². The molecule has 2 N–H and O–H groups in total. The number of likely N-dealkylation sites (tertiary alicyclic amines) is 1. The molecule has 2 saturated heterocycles. The van der Waals surface area contributed by atoms with Gasteiger partial charge in [-0.05, 0) is 55.6 Å². The van der Waals surface area contributed by atoms with Gasteiger partial charge in [0.15, 0.2) is 0 Å². The molecule has 0 unspecified atom stereocenters. The first-order chi connectivity index (χ1) is 15.0. The first kappa shape index (κ1) is 21.0. The van der Waals surface area contributed by atoms with Crippen LogP contribution in [0.15, 0.2) is 27.6 Å². The zero-order valence-electron chi connectivity index (χ0n) is 18.0. The molecule has 1 aromatic heterocycles. The lowest BCUT2D eigenvalue weighted by molar-refractivity contribution is -0.143. The quantitative estimate of drug-likeness (QED) is 0.566. The lowest BCUT2D eigenvalue weighted by Crippen LogP contribution is -2.45. The number of hydrogen-bond donors (Lipinski definition) is 2. The SMILES string of the molecule is CCC1=C2B(O)O[C@H](c3ccc(CO)o3)C[C@H]2[C@H]2C(=O)N(C3CCCCC3)C(=O)[C@H]2C1. The zero-order valence-corrected chi connectivity index (χ0v) is 18.0. The smallest absolute Gasteiger partial charge is 0.461 e. The Morgan fingerprint density at radius 3 is 2.58 bits per heavy atom. The Kier molecular flexibility index (Phi) is 5.57. The summed E-state index contributed by atoms with van der Waals surface area (Å²) in [4.78, 5) is 28.6. The second-order valence-electron chi connectivity index (χ2n) is 9.37. The number of carbonyl (C=O) groups is 2. The predicted octanol–water partition coefficient (Wildman–Crippen LogP) is 2.91. The molecule has 0 bridgehead atoms. The molecule has 31 heavy (non-hydrogen) atoms. The van der Waals surface area contributed by atoms with Crippen molar-refractivity contribution in [3.8, 4) is 0 Å². The summed E-state index contributed by atoms with van der Waals surface area (Å²) >= 11 is 0. The van der Waals surface area contributed by atoms with Crippen LogP contribution in [-0.2, 0) is 20.9 Å². The highest BCUT2D eigenvalue weighted by Gasteiger charge is 2.58. The van der Waals surface area contributed by atoms with Gasteiger partial charge in [-0.2, -0.15) is 0 Å². The Balaban J connectivity index is 1.48. The summed E-state index contributed by atoms with van der Waals surface area (Å²) in [7, 11) is -1.12. The maximum absolute atomic E-state index is 13.6. The van der Waals surface area contributed by atoms with Crippen LogP contribution in [0, 0.1) is 17.8 Å². The maximum Gasteiger partial charge on any atom is 0.487 e. The van der Waals surface area contributed by atoms with Crippen molar-refractivity contribution in [2.24, 2.45) is 17.8 Å². The van der Waals surface area contributed by atoms with Crippen LogP contribution in [-0.4, -0.2) is 40.0 Å². The van der Waals surface area contributed by atoms with Gasteiger partial charge in [0, 0.05) is 6.04 Å². The summed E-state index contributed by atoms with van der Waals surface area (Å²) in [5.74, 6) is -0.145. The molecule has 5 rings (SSSR count). The van der Waals surface area contributed by atoms with Crippen LogP contribution < -0.4 is 0 Å². The molecule has 0 spiro atoms. The van der Waals surface area contributed by atoms with Crippen LogP contribution >= 0.6 is 0 Å². The molecular formula is C23H30BNO6. The van der Waals surface area contributed by atoms with Gasteiger partial charge in [-0.25, -0.2) is 0 Å². The van der Waals surface area contributed by atoms with Crippen molar-refractivity contribution in [2.45, 2.75) is 77.0 Å². The molecule has 2 aliphatic carbocycles. The monoisotopic (exact) mass is 427 g/mol. The summed E-state index contributed by atoms with van der Waals surface area (Å²) in [5, 5.41) is 20.2. The van der Waals surface area contributed by atoms with Crippen molar-refractivity contribution in [3.63, 3.8) is 0 Å². The summed E-state index contributed by atoms with van der Waals surface area (Å²) < 4.78 is 11.6. The van der Waals surface area contributed by atoms with Gasteiger partial charge in [-0.15, -0.1) is 0 Å². The molecule has 2 amide bonds. The number of carbonyl (C=O) groups excluding carboxylic acids is 2. The molecule has 1 saturated carbocycles. The van der Waals surface area contributed by atoms with Crippen molar-refractivity contribution in [1.29, 1.82) is 0 Å². The standard InChI is InChI=1S/C23H30BNO6/c1-2-13-10-17-20(23(28)25(22(17)27)14-6-4-3-5-7-14)16-11-19(31-24(29)21(13)16)18-9-8-15(12-26)30-18/h8-9,14,16-17,19-20,26,29H,2-7,10-12H2,1H3/t16-,17-,19-,20+/m0/s1. The molecule has 4 atom stereocenters. The van der Waals surface area contributed by atoms with E-state index in [1.165, 1.54) is 0 Å². The van der Waals surface area contributed by atoms with E-state index in [9.17, 15) is 19.7 Å². The van der Waals surface area contributed by atoms with Crippen molar-refractivity contribution in [1.82, 2.24) is 4.90 Å². The van der Waals surface area contributed by atoms with Crippen LogP contribution in [0.3, 0.4) is 0 Å². The summed E-state index contributed by atoms with van der Waals surface area (Å²) in [6.45, 7) is 1.82. The fraction of sp³-hybridized carbons (Fsp3) is 0.652. The van der Waals surface area contributed by atoms with E-state index >= 15 is 0 Å². The van der Waals surface area contributed by atoms with Crippen LogP contribution in [0.4, 0.5) is 0 Å². The number of allylic oxidation sites excluding steroid dienone is 2. The molecule has 4 aliphatic rings. The molecule has 8 heteroatoms. The van der Waals surface area contributed by atoms with E-state index in [1.807, 2.05) is 6.92 Å². The normalized spacial score (nSPS) is 32.0. The van der Waals surface area contributed by atoms with Crippen molar-refractivity contribution in [3.05, 3.63) is 34.7 Å². The number of amides is 2. The van der Waals surface area contributed by atoms with Gasteiger partial charge in [-0.3, -0.25) is 14.5 Å². The Bertz CT molecular complexity index is 904. The topological polar surface area (TPSA) is 100 Å². The largest absolute Gasteiger partial charge is 0.487 e. The number of hydrogen-bond acceptors (Lipinski definition) is 6. The fourth-order valence-corrected chi connectivity index (χ4v) is 6.31. The van der Waals surface area contributed by atoms with E-state index in [0.717, 1.165) is 49.6 Å². The Labute approximate surface area is 182 Å². The number of rotatable bonds is 4. The number of fused-ring (bicyclic) bond motifs is 3. The molecular weight excluding hydrogens is 397 g/mol. The highest BCUT2D eigenvalue weighted by molar-refractivity contribution is 6.53. The number of imide groups is 1. The lowest BCUT2D eigenvalue weighted by atomic mass is 9.55. The third-order valence-corrected chi connectivity index (χ3v) is 7.77. The van der Waals surface area contributed by atoms with Crippen LogP contribution in [0.5, 0.6) is 0 Å². The molecule has 0 radical (unpaired) electrons. The van der Waals surface area contributed by atoms with E-state index in [4.69, 9.17) is 9.07 Å². The minimum atomic E-state index is -1.12. The van der Waals surface area contributed by atoms with Gasteiger partial charge in [0.1, 0.15) is 24.2 Å². The molecule has 3 heterocycles. The molecule has 1 aromatic rings. The minimum absolute atomic E-state index is 0.0191. The number of nitrogens with zero attached hydrogens (tertiary/aromatic N) is 1. The highest BCUT2D eigenvalue weighted by Crippen LogP contribution is 2.52. The van der Waals surface area contributed by atoms with E-state index in [0.29, 0.717) is 24.4 Å². The number of aliphatic hydroxyl groups is 1. The molecule has 166 valence electrons. The Hall–Kier alpha value is -1.90. The number of furan rings is 1. The third-order valence-electron chi connectivity index (χ3n) is 7.77. The van der Waals surface area contributed by atoms with Gasteiger partial charge in [0.25, 0.3) is 0 Å². The second-order valence-corrected chi connectivity index (χ2v) is 9.37. The second kappa shape index (κ2) is 8.22. The van der Waals surface area contributed by atoms with Crippen molar-refractivity contribution < 1.29 is 28.8 Å². The first-order valence-corrected chi connectivity index (χ1v) is 11.6. The Morgan fingerprint density at radius 2 is 1.90 bits per heavy atom. The average Bonchev–Trinajstić information content (AvgIpc) is 3.36. The van der Waals surface area contributed by atoms with E-state index in [2.05, 4.69) is 0 Å². The van der Waals surface area contributed by atoms with Gasteiger partial charge in [0.05, 0.1) is 11.8 Å². The van der Waals surface area contributed by atoms with Crippen molar-refractivity contribution >= 4 is 18.9 Å². The van der Waals surface area contributed by atoms with E-state index in [-0.39, 0.29) is 36.3 Å². The lowest BCUT2D eigenvalue weighted by Gasteiger charge is -2.41. The molecule has 2 aliphatic heterocycles. The van der Waals surface area contributed by atoms with E-state index < -0.39 is 19.1 Å². The summed E-state index contributed by atoms with van der Waals surface area (Å²) in [6.07, 6.45) is 6.29. The summed E-state index contributed by atoms with van der Waals surface area (Å²) in [5.41, 5.74) is 1.83. The van der Waals surface area contributed by atoms with E-state index in [1.54, 1.807) is 17.0 Å². The predicted molar refractivity (Wildman–Crippen MR) is 112 cm³/mol. The molecule has 3 fully saturated rings. The van der Waals surface area contributed by atoms with Gasteiger partial charge >= 0.3 is 7.12 Å². The minimum Gasteiger partial charge on any atom is -0.461 e. The van der Waals surface area contributed by atoms with Gasteiger partial charge < -0.3 is 19.2 Å². The van der Waals surface area contributed by atoms with Crippen LogP contribution in [0.2, 0.25) is 0 Å². The highest BCUT2D eigenvalue weighted by atomic mass is 16.5. The molecule has 7 nitrogen and oxygen atoms in total. The third kappa shape index (κ3) is 3.40. The molecule has 0 aromatic carbocycles. The van der Waals surface area contributed by atoms with Crippen LogP contribution in [0.25, 0.3) is 0 Å². The fourth-order valence-electron chi connectivity index (χ4n) is 6.31. The summed E-state index contributed by atoms with van der Waals surface area (Å²) in [6, 6.07) is 3.45. The average molecular weight is 427 g/mol. The first-order valence-electron chi connectivity index (χ1n) is 11.6. The van der Waals surface area contributed by atoms with Crippen LogP contribution in [0.1, 0.15) is 75.9 Å². The van der Waals surface area contributed by atoms with Gasteiger partial charge in [0.2, 0.25) is 11.8 Å². The Morgan fingerprint density at radius 1 is 1.13 bits per heavy atom. The zero-order chi connectivity index (χ0) is 21.7. The maximum atomic E-state index is 13.6. The number of aliphatic hydroxyl groups excluding tert-OH is 1. The van der Waals surface area contributed by atoms with Crippen molar-refractivity contribution in [2.75, 3.05) is 0 Å².